The van der Waals surface area contributed by atoms with Crippen molar-refractivity contribution >= 4 is 21.4 Å². The zero-order valence-electron chi connectivity index (χ0n) is 11.6. The van der Waals surface area contributed by atoms with Gasteiger partial charge >= 0.3 is 0 Å². The summed E-state index contributed by atoms with van der Waals surface area (Å²) in [5.74, 6) is 0.307. The highest BCUT2D eigenvalue weighted by atomic mass is 32.2. The number of hydrogen-bond donors (Lipinski definition) is 2. The van der Waals surface area contributed by atoms with Crippen molar-refractivity contribution in [3.8, 4) is 0 Å². The maximum absolute atomic E-state index is 12.3. The third kappa shape index (κ3) is 3.92. The second-order valence-electron chi connectivity index (χ2n) is 5.34. The molecule has 8 heteroatoms. The van der Waals surface area contributed by atoms with Gasteiger partial charge in [0, 0.05) is 18.3 Å². The van der Waals surface area contributed by atoms with E-state index in [-0.39, 0.29) is 10.6 Å². The van der Waals surface area contributed by atoms with Gasteiger partial charge in [-0.1, -0.05) is 19.3 Å². The fourth-order valence-electron chi connectivity index (χ4n) is 2.60. The number of benzene rings is 1. The number of hydrogen-bond acceptors (Lipinski definition) is 5. The third-order valence-corrected chi connectivity index (χ3v) is 5.23. The highest BCUT2D eigenvalue weighted by molar-refractivity contribution is 7.89. The number of nitrogens with zero attached hydrogens (tertiary/aromatic N) is 1. The van der Waals surface area contributed by atoms with E-state index < -0.39 is 20.6 Å². The Labute approximate surface area is 123 Å². The summed E-state index contributed by atoms with van der Waals surface area (Å²) in [6, 6.07) is 3.59. The van der Waals surface area contributed by atoms with E-state index in [2.05, 4.69) is 4.72 Å². The van der Waals surface area contributed by atoms with Crippen LogP contribution >= 0.6 is 0 Å². The first-order valence-electron chi connectivity index (χ1n) is 6.94. The lowest BCUT2D eigenvalue weighted by Gasteiger charge is -2.21. The lowest BCUT2D eigenvalue weighted by molar-refractivity contribution is -0.387. The number of nitro groups is 1. The Morgan fingerprint density at radius 1 is 1.29 bits per heavy atom. The quantitative estimate of drug-likeness (QED) is 0.490. The van der Waals surface area contributed by atoms with Gasteiger partial charge in [-0.3, -0.25) is 10.1 Å². The van der Waals surface area contributed by atoms with Crippen LogP contribution in [0, 0.1) is 16.0 Å². The molecule has 0 atom stereocenters. The van der Waals surface area contributed by atoms with Crippen molar-refractivity contribution in [3.63, 3.8) is 0 Å². The Hall–Kier alpha value is -1.67. The molecule has 0 aromatic heterocycles. The van der Waals surface area contributed by atoms with E-state index in [1.165, 1.54) is 18.6 Å². The molecule has 116 valence electrons. The van der Waals surface area contributed by atoms with E-state index in [0.29, 0.717) is 12.5 Å². The van der Waals surface area contributed by atoms with Crippen LogP contribution in [0.15, 0.2) is 23.1 Å². The van der Waals surface area contributed by atoms with E-state index in [9.17, 15) is 18.5 Å². The smallest absolute Gasteiger partial charge is 0.291 e. The normalized spacial score (nSPS) is 16.8. The van der Waals surface area contributed by atoms with Crippen LogP contribution in [-0.2, 0) is 10.0 Å². The van der Waals surface area contributed by atoms with Gasteiger partial charge in [0.15, 0.2) is 4.90 Å². The van der Waals surface area contributed by atoms with Crippen LogP contribution in [-0.4, -0.2) is 19.9 Å². The van der Waals surface area contributed by atoms with Crippen LogP contribution in [0.25, 0.3) is 0 Å². The molecule has 0 aliphatic heterocycles. The molecule has 1 aromatic carbocycles. The fraction of sp³-hybridized carbons (Fsp3) is 0.538. The summed E-state index contributed by atoms with van der Waals surface area (Å²) in [6.45, 7) is 0.323. The van der Waals surface area contributed by atoms with Gasteiger partial charge in [0.05, 0.1) is 4.92 Å². The van der Waals surface area contributed by atoms with Crippen molar-refractivity contribution in [2.45, 2.75) is 37.0 Å². The largest absolute Gasteiger partial charge is 0.399 e. The van der Waals surface area contributed by atoms with Crippen LogP contribution < -0.4 is 10.5 Å². The molecule has 0 heterocycles. The number of nitrogens with two attached hydrogens (primary N) is 1. The molecule has 1 aromatic rings. The van der Waals surface area contributed by atoms with Gasteiger partial charge in [0.2, 0.25) is 10.0 Å². The lowest BCUT2D eigenvalue weighted by Crippen LogP contribution is -2.30. The molecule has 2 rings (SSSR count). The number of anilines is 1. The number of nitro benzene ring substituents is 1. The second-order valence-corrected chi connectivity index (χ2v) is 7.08. The van der Waals surface area contributed by atoms with Crippen LogP contribution in [0.1, 0.15) is 32.1 Å². The van der Waals surface area contributed by atoms with Gasteiger partial charge in [-0.15, -0.1) is 0 Å². The zero-order chi connectivity index (χ0) is 15.5. The molecule has 0 amide bonds. The first-order valence-corrected chi connectivity index (χ1v) is 8.42. The van der Waals surface area contributed by atoms with Crippen molar-refractivity contribution in [2.24, 2.45) is 5.92 Å². The predicted octanol–water partition coefficient (Wildman–Crippen LogP) is 2.04. The minimum absolute atomic E-state index is 0.160. The van der Waals surface area contributed by atoms with E-state index >= 15 is 0 Å². The molecule has 3 N–H and O–H groups in total. The first kappa shape index (κ1) is 15.7. The molecule has 21 heavy (non-hydrogen) atoms. The summed E-state index contributed by atoms with van der Waals surface area (Å²) in [6.07, 6.45) is 5.38. The maximum atomic E-state index is 12.3. The van der Waals surface area contributed by atoms with Crippen molar-refractivity contribution < 1.29 is 13.3 Å². The predicted molar refractivity (Wildman–Crippen MR) is 79.3 cm³/mol. The second kappa shape index (κ2) is 6.40. The Balaban J connectivity index is 2.17. The topological polar surface area (TPSA) is 115 Å². The number of nitrogens with one attached hydrogen (secondary N) is 1. The van der Waals surface area contributed by atoms with E-state index in [1.807, 2.05) is 0 Å². The number of rotatable bonds is 5. The Kier molecular flexibility index (Phi) is 4.79. The monoisotopic (exact) mass is 313 g/mol. The third-order valence-electron chi connectivity index (χ3n) is 3.76. The molecule has 1 aliphatic rings. The number of nitrogen functional groups attached to an aromatic ring is 1. The van der Waals surface area contributed by atoms with Gasteiger partial charge in [-0.2, -0.15) is 0 Å². The van der Waals surface area contributed by atoms with E-state index in [1.54, 1.807) is 0 Å². The Bertz CT molecular complexity index is 624. The summed E-state index contributed by atoms with van der Waals surface area (Å²) < 4.78 is 27.0. The summed E-state index contributed by atoms with van der Waals surface area (Å²) >= 11 is 0. The molecule has 0 unspecified atom stereocenters. The molecule has 0 radical (unpaired) electrons. The SMILES string of the molecule is Nc1ccc(S(=O)(=O)NCC2CCCCC2)c([N+](=O)[O-])c1. The average molecular weight is 313 g/mol. The van der Waals surface area contributed by atoms with Crippen molar-refractivity contribution in [1.29, 1.82) is 0 Å². The lowest BCUT2D eigenvalue weighted by atomic mass is 9.90. The standard InChI is InChI=1S/C13H19N3O4S/c14-11-6-7-13(12(8-11)16(17)18)21(19,20)15-9-10-4-2-1-3-5-10/h6-8,10,15H,1-5,9,14H2. The minimum Gasteiger partial charge on any atom is -0.399 e. The fourth-order valence-corrected chi connectivity index (χ4v) is 3.87. The van der Waals surface area contributed by atoms with Crippen molar-refractivity contribution in [3.05, 3.63) is 28.3 Å². The van der Waals surface area contributed by atoms with E-state index in [4.69, 9.17) is 5.73 Å². The Morgan fingerprint density at radius 2 is 1.95 bits per heavy atom. The minimum atomic E-state index is -3.90. The van der Waals surface area contributed by atoms with Gasteiger partial charge in [0.1, 0.15) is 0 Å². The maximum Gasteiger partial charge on any atom is 0.291 e. The van der Waals surface area contributed by atoms with Crippen LogP contribution in [0.2, 0.25) is 0 Å². The number of sulfonamides is 1. The zero-order valence-corrected chi connectivity index (χ0v) is 12.4. The van der Waals surface area contributed by atoms with Gasteiger partial charge in [0.25, 0.3) is 5.69 Å². The summed E-state index contributed by atoms with van der Waals surface area (Å²) in [7, 11) is -3.90. The average Bonchev–Trinajstić information content (AvgIpc) is 2.46. The van der Waals surface area contributed by atoms with Gasteiger partial charge < -0.3 is 5.73 Å². The van der Waals surface area contributed by atoms with Crippen LogP contribution in [0.3, 0.4) is 0 Å². The van der Waals surface area contributed by atoms with Gasteiger partial charge in [-0.25, -0.2) is 13.1 Å². The molecule has 1 saturated carbocycles. The molecule has 0 bridgehead atoms. The van der Waals surface area contributed by atoms with E-state index in [0.717, 1.165) is 31.7 Å². The summed E-state index contributed by atoms with van der Waals surface area (Å²) in [5.41, 5.74) is 5.15. The molecule has 0 saturated heterocycles. The molecule has 0 spiro atoms. The molecule has 1 fully saturated rings. The van der Waals surface area contributed by atoms with Crippen LogP contribution in [0.4, 0.5) is 11.4 Å². The Morgan fingerprint density at radius 3 is 2.57 bits per heavy atom. The van der Waals surface area contributed by atoms with Crippen LogP contribution in [0.5, 0.6) is 0 Å². The molecular weight excluding hydrogens is 294 g/mol. The highest BCUT2D eigenvalue weighted by Gasteiger charge is 2.26. The van der Waals surface area contributed by atoms with Crippen molar-refractivity contribution in [1.82, 2.24) is 4.72 Å². The molecule has 7 nitrogen and oxygen atoms in total. The summed E-state index contributed by atoms with van der Waals surface area (Å²) in [5, 5.41) is 11.0. The summed E-state index contributed by atoms with van der Waals surface area (Å²) in [4.78, 5) is 9.92. The molecular formula is C13H19N3O4S. The molecule has 1 aliphatic carbocycles. The van der Waals surface area contributed by atoms with Gasteiger partial charge in [-0.05, 0) is 30.9 Å². The first-order chi connectivity index (χ1) is 9.90. The highest BCUT2D eigenvalue weighted by Crippen LogP contribution is 2.27. The van der Waals surface area contributed by atoms with Crippen molar-refractivity contribution in [2.75, 3.05) is 12.3 Å².